The topological polar surface area (TPSA) is 61.4 Å². The lowest BCUT2D eigenvalue weighted by molar-refractivity contribution is 0.0658. The van der Waals surface area contributed by atoms with Crippen molar-refractivity contribution in [2.75, 3.05) is 45.1 Å². The SMILES string of the molecule is Cc1cc(C(=O)N2CCN(C)CC2)nc(NCCc2ccc(F)cc2)n1. The highest BCUT2D eigenvalue weighted by molar-refractivity contribution is 5.92. The highest BCUT2D eigenvalue weighted by Gasteiger charge is 2.22. The molecule has 1 aliphatic rings. The van der Waals surface area contributed by atoms with Crippen LogP contribution in [0.2, 0.25) is 0 Å². The molecule has 26 heavy (non-hydrogen) atoms. The molecule has 2 aromatic rings. The summed E-state index contributed by atoms with van der Waals surface area (Å²) in [4.78, 5) is 25.5. The molecule has 1 aliphatic heterocycles. The quantitative estimate of drug-likeness (QED) is 0.886. The van der Waals surface area contributed by atoms with Crippen LogP contribution in [0.1, 0.15) is 21.7 Å². The zero-order valence-electron chi connectivity index (χ0n) is 15.2. The summed E-state index contributed by atoms with van der Waals surface area (Å²) in [6.07, 6.45) is 0.722. The predicted molar refractivity (Wildman–Crippen MR) is 98.8 cm³/mol. The molecule has 0 saturated carbocycles. The summed E-state index contributed by atoms with van der Waals surface area (Å²) in [5.41, 5.74) is 2.20. The minimum absolute atomic E-state index is 0.0508. The van der Waals surface area contributed by atoms with E-state index in [1.807, 2.05) is 11.8 Å². The van der Waals surface area contributed by atoms with Crippen LogP contribution in [0.15, 0.2) is 30.3 Å². The van der Waals surface area contributed by atoms with Gasteiger partial charge in [-0.3, -0.25) is 4.79 Å². The van der Waals surface area contributed by atoms with Crippen LogP contribution in [0.4, 0.5) is 10.3 Å². The van der Waals surface area contributed by atoms with Crippen LogP contribution in [0.3, 0.4) is 0 Å². The Bertz CT molecular complexity index is 757. The van der Waals surface area contributed by atoms with Gasteiger partial charge >= 0.3 is 0 Å². The summed E-state index contributed by atoms with van der Waals surface area (Å²) in [5.74, 6) is 0.158. The standard InChI is InChI=1S/C19H24FN5O/c1-14-13-17(18(26)25-11-9-24(2)10-12-25)23-19(22-14)21-8-7-15-3-5-16(20)6-4-15/h3-6,13H,7-12H2,1-2H3,(H,21,22,23). The maximum Gasteiger partial charge on any atom is 0.272 e. The second kappa shape index (κ2) is 8.23. The Kier molecular flexibility index (Phi) is 5.78. The van der Waals surface area contributed by atoms with E-state index in [1.165, 1.54) is 12.1 Å². The molecule has 138 valence electrons. The van der Waals surface area contributed by atoms with E-state index in [0.717, 1.165) is 30.8 Å². The van der Waals surface area contributed by atoms with Crippen LogP contribution in [-0.2, 0) is 6.42 Å². The second-order valence-electron chi connectivity index (χ2n) is 6.62. The maximum absolute atomic E-state index is 12.9. The van der Waals surface area contributed by atoms with Crippen molar-refractivity contribution in [1.29, 1.82) is 0 Å². The number of likely N-dealkylation sites (N-methyl/N-ethyl adjacent to an activating group) is 1. The molecule has 0 aliphatic carbocycles. The van der Waals surface area contributed by atoms with Crippen LogP contribution in [-0.4, -0.2) is 65.4 Å². The molecule has 0 atom stereocenters. The first-order valence-corrected chi connectivity index (χ1v) is 8.83. The van der Waals surface area contributed by atoms with Crippen LogP contribution >= 0.6 is 0 Å². The van der Waals surface area contributed by atoms with Gasteiger partial charge in [-0.2, -0.15) is 0 Å². The smallest absolute Gasteiger partial charge is 0.272 e. The number of aryl methyl sites for hydroxylation is 1. The highest BCUT2D eigenvalue weighted by Crippen LogP contribution is 2.11. The third-order valence-electron chi connectivity index (χ3n) is 4.47. The molecule has 1 aromatic heterocycles. The fourth-order valence-corrected chi connectivity index (χ4v) is 2.90. The van der Waals surface area contributed by atoms with Crippen molar-refractivity contribution in [3.05, 3.63) is 53.1 Å². The first kappa shape index (κ1) is 18.3. The van der Waals surface area contributed by atoms with Crippen molar-refractivity contribution in [3.8, 4) is 0 Å². The van der Waals surface area contributed by atoms with Crippen molar-refractivity contribution in [2.24, 2.45) is 0 Å². The highest BCUT2D eigenvalue weighted by atomic mass is 19.1. The van der Waals surface area contributed by atoms with Gasteiger partial charge in [-0.05, 0) is 44.2 Å². The molecule has 6 nitrogen and oxygen atoms in total. The number of rotatable bonds is 5. The van der Waals surface area contributed by atoms with E-state index in [4.69, 9.17) is 0 Å². The number of piperazine rings is 1. The average Bonchev–Trinajstić information content (AvgIpc) is 2.63. The van der Waals surface area contributed by atoms with Gasteiger partial charge < -0.3 is 15.1 Å². The summed E-state index contributed by atoms with van der Waals surface area (Å²) in [6.45, 7) is 5.64. The largest absolute Gasteiger partial charge is 0.354 e. The van der Waals surface area contributed by atoms with Gasteiger partial charge in [0, 0.05) is 38.4 Å². The Morgan fingerprint density at radius 3 is 2.54 bits per heavy atom. The van der Waals surface area contributed by atoms with Gasteiger partial charge in [0.1, 0.15) is 11.5 Å². The third-order valence-corrected chi connectivity index (χ3v) is 4.47. The number of amides is 1. The molecule has 0 spiro atoms. The number of carbonyl (C=O) groups excluding carboxylic acids is 1. The zero-order valence-corrected chi connectivity index (χ0v) is 15.2. The normalized spacial score (nSPS) is 15.1. The minimum atomic E-state index is -0.240. The van der Waals surface area contributed by atoms with Crippen molar-refractivity contribution < 1.29 is 9.18 Å². The van der Waals surface area contributed by atoms with E-state index in [0.29, 0.717) is 31.3 Å². The number of carbonyl (C=O) groups is 1. The molecule has 1 saturated heterocycles. The molecule has 1 amide bonds. The third kappa shape index (κ3) is 4.76. The van der Waals surface area contributed by atoms with Crippen molar-refractivity contribution in [3.63, 3.8) is 0 Å². The van der Waals surface area contributed by atoms with Gasteiger partial charge in [-0.25, -0.2) is 14.4 Å². The van der Waals surface area contributed by atoms with Gasteiger partial charge in [-0.1, -0.05) is 12.1 Å². The zero-order chi connectivity index (χ0) is 18.5. The number of anilines is 1. The lowest BCUT2D eigenvalue weighted by Gasteiger charge is -2.32. The molecule has 1 N–H and O–H groups in total. The predicted octanol–water partition coefficient (Wildman–Crippen LogP) is 1.97. The van der Waals surface area contributed by atoms with Crippen molar-refractivity contribution >= 4 is 11.9 Å². The Morgan fingerprint density at radius 1 is 1.15 bits per heavy atom. The molecule has 0 unspecified atom stereocenters. The number of hydrogen-bond donors (Lipinski definition) is 1. The fourth-order valence-electron chi connectivity index (χ4n) is 2.90. The fraction of sp³-hybridized carbons (Fsp3) is 0.421. The Labute approximate surface area is 153 Å². The molecule has 0 radical (unpaired) electrons. The molecule has 1 fully saturated rings. The summed E-state index contributed by atoms with van der Waals surface area (Å²) in [5, 5.41) is 3.16. The molecular formula is C19H24FN5O. The molecular weight excluding hydrogens is 333 g/mol. The van der Waals surface area contributed by atoms with Crippen LogP contribution in [0.5, 0.6) is 0 Å². The summed E-state index contributed by atoms with van der Waals surface area (Å²) < 4.78 is 12.9. The van der Waals surface area contributed by atoms with Crippen molar-refractivity contribution in [2.45, 2.75) is 13.3 Å². The number of benzene rings is 1. The summed E-state index contributed by atoms with van der Waals surface area (Å²) >= 11 is 0. The number of halogens is 1. The average molecular weight is 357 g/mol. The Morgan fingerprint density at radius 2 is 1.85 bits per heavy atom. The van der Waals surface area contributed by atoms with E-state index in [1.54, 1.807) is 18.2 Å². The molecule has 1 aromatic carbocycles. The van der Waals surface area contributed by atoms with Gasteiger partial charge in [0.05, 0.1) is 0 Å². The molecule has 7 heteroatoms. The summed E-state index contributed by atoms with van der Waals surface area (Å²) in [7, 11) is 2.06. The van der Waals surface area contributed by atoms with E-state index in [-0.39, 0.29) is 11.7 Å². The Hall–Kier alpha value is -2.54. The summed E-state index contributed by atoms with van der Waals surface area (Å²) in [6, 6.07) is 8.15. The number of nitrogens with one attached hydrogen (secondary N) is 1. The monoisotopic (exact) mass is 357 g/mol. The number of nitrogens with zero attached hydrogens (tertiary/aromatic N) is 4. The number of aromatic nitrogens is 2. The van der Waals surface area contributed by atoms with Crippen LogP contribution in [0, 0.1) is 12.7 Å². The second-order valence-corrected chi connectivity index (χ2v) is 6.62. The van der Waals surface area contributed by atoms with Crippen molar-refractivity contribution in [1.82, 2.24) is 19.8 Å². The maximum atomic E-state index is 12.9. The van der Waals surface area contributed by atoms with E-state index in [9.17, 15) is 9.18 Å². The lowest BCUT2D eigenvalue weighted by atomic mass is 10.1. The molecule has 0 bridgehead atoms. The van der Waals surface area contributed by atoms with E-state index in [2.05, 4.69) is 27.2 Å². The van der Waals surface area contributed by atoms with Gasteiger partial charge in [-0.15, -0.1) is 0 Å². The minimum Gasteiger partial charge on any atom is -0.354 e. The van der Waals surface area contributed by atoms with Gasteiger partial charge in [0.25, 0.3) is 5.91 Å². The first-order valence-electron chi connectivity index (χ1n) is 8.83. The van der Waals surface area contributed by atoms with Gasteiger partial charge in [0.15, 0.2) is 0 Å². The van der Waals surface area contributed by atoms with E-state index >= 15 is 0 Å². The lowest BCUT2D eigenvalue weighted by Crippen LogP contribution is -2.47. The van der Waals surface area contributed by atoms with Crippen LogP contribution in [0.25, 0.3) is 0 Å². The Balaban J connectivity index is 1.61. The number of hydrogen-bond acceptors (Lipinski definition) is 5. The first-order chi connectivity index (χ1) is 12.5. The van der Waals surface area contributed by atoms with Crippen LogP contribution < -0.4 is 5.32 Å². The van der Waals surface area contributed by atoms with E-state index < -0.39 is 0 Å². The molecule has 3 rings (SSSR count). The van der Waals surface area contributed by atoms with Gasteiger partial charge in [0.2, 0.25) is 5.95 Å². The molecule has 2 heterocycles.